The van der Waals surface area contributed by atoms with Crippen LogP contribution in [-0.2, 0) is 59.0 Å². The molecule has 0 saturated heterocycles. The summed E-state index contributed by atoms with van der Waals surface area (Å²) < 4.78 is 373. The van der Waals surface area contributed by atoms with Gasteiger partial charge in [0.15, 0.2) is 0 Å². The zero-order chi connectivity index (χ0) is 89.1. The summed E-state index contributed by atoms with van der Waals surface area (Å²) in [7, 11) is 0. The van der Waals surface area contributed by atoms with Gasteiger partial charge in [0.2, 0.25) is 0 Å². The fourth-order valence-corrected chi connectivity index (χ4v) is 15.9. The second-order valence-corrected chi connectivity index (χ2v) is 25.8. The molecule has 9 fully saturated rings. The van der Waals surface area contributed by atoms with E-state index in [4.69, 9.17) is 21.2 Å². The molecule has 85 heavy (non-hydrogen) atoms. The molecule has 0 spiro atoms. The van der Waals surface area contributed by atoms with Crippen molar-refractivity contribution in [3.8, 4) is 39.4 Å². The third-order valence-electron chi connectivity index (χ3n) is 20.5. The van der Waals surface area contributed by atoms with Gasteiger partial charge in [0.1, 0.15) is 17.6 Å². The Kier molecular flexibility index (Phi) is 5.62. The molecule has 21 rings (SSSR count). The second kappa shape index (κ2) is 17.7. The molecular weight excluding hydrogens is 1210 g/mol. The molecule has 8 aromatic carbocycles. The van der Waals surface area contributed by atoms with Gasteiger partial charge in [0.25, 0.3) is 0 Å². The van der Waals surface area contributed by atoms with Crippen molar-refractivity contribution in [3.63, 3.8) is 0 Å². The van der Waals surface area contributed by atoms with Crippen LogP contribution in [0.15, 0.2) is 139 Å². The van der Waals surface area contributed by atoms with Gasteiger partial charge in [-0.15, -0.1) is 41.3 Å². The van der Waals surface area contributed by atoms with E-state index in [-0.39, 0.29) is 85.9 Å². The van der Waals surface area contributed by atoms with E-state index < -0.39 is 205 Å². The summed E-state index contributed by atoms with van der Waals surface area (Å²) in [5.41, 5.74) is -27.9. The van der Waals surface area contributed by atoms with E-state index in [1.165, 1.54) is 22.3 Å². The van der Waals surface area contributed by atoms with E-state index >= 15 is 0 Å². The zero-order valence-corrected chi connectivity index (χ0v) is 47.9. The molecule has 3 nitrogen and oxygen atoms in total. The Bertz CT molecular complexity index is 5810. The molecular formula is C81H77N2OPt+. The first-order valence-corrected chi connectivity index (χ1v) is 28.8. The van der Waals surface area contributed by atoms with Crippen LogP contribution >= 0.6 is 0 Å². The number of benzene rings is 8. The van der Waals surface area contributed by atoms with Crippen molar-refractivity contribution in [1.82, 2.24) is 9.14 Å². The molecule has 6 bridgehead atoms. The number of hydrogen-bond acceptors (Lipinski definition) is 1. The summed E-state index contributed by atoms with van der Waals surface area (Å²) >= 11 is 0. The quantitative estimate of drug-likeness (QED) is 0.0985. The van der Waals surface area contributed by atoms with Gasteiger partial charge in [-0.05, 0) is 212 Å². The molecule has 0 N–H and O–H groups in total. The normalized spacial score (nSPS) is 38.5. The van der Waals surface area contributed by atoms with Crippen LogP contribution in [0.25, 0.3) is 49.7 Å². The average Bonchev–Trinajstić information content (AvgIpc) is 0.788. The minimum atomic E-state index is -4.85. The topological polar surface area (TPSA) is 17.2 Å². The molecule has 2 heterocycles. The monoisotopic (exact) mass is 1330 g/mol. The molecule has 426 valence electrons. The van der Waals surface area contributed by atoms with Crippen molar-refractivity contribution in [3.05, 3.63) is 208 Å². The average molecular weight is 1330 g/mol. The predicted octanol–water partition coefficient (Wildman–Crippen LogP) is 20.1. The Morgan fingerprint density at radius 2 is 1.12 bits per heavy atom. The molecule has 1 unspecified atom stereocenters. The Balaban J connectivity index is 0.0000107. The number of ether oxygens (including phenoxy) is 1. The van der Waals surface area contributed by atoms with Gasteiger partial charge in [-0.3, -0.25) is 0 Å². The largest absolute Gasteiger partial charge is 4.00 e. The van der Waals surface area contributed by atoms with Gasteiger partial charge in [0.05, 0.1) is 8.22 Å². The fourth-order valence-electron chi connectivity index (χ4n) is 15.9. The van der Waals surface area contributed by atoms with Crippen molar-refractivity contribution in [1.29, 1.82) is 0 Å². The van der Waals surface area contributed by atoms with E-state index in [0.717, 1.165) is 41.2 Å². The molecule has 12 aliphatic rings. The first-order valence-electron chi connectivity index (χ1n) is 47.8. The van der Waals surface area contributed by atoms with Gasteiger partial charge >= 0.3 is 21.1 Å². The van der Waals surface area contributed by atoms with Crippen LogP contribution in [0.3, 0.4) is 0 Å². The third kappa shape index (κ3) is 7.56. The first kappa shape index (κ1) is 27.0. The summed E-state index contributed by atoms with van der Waals surface area (Å²) in [5.74, 6) is -0.196. The zero-order valence-electron chi connectivity index (χ0n) is 83.6. The maximum atomic E-state index is 10.9. The van der Waals surface area contributed by atoms with Gasteiger partial charge in [0, 0.05) is 66.8 Å². The fraction of sp³-hybridized carbons (Fsp3) is 0.395. The number of aromatic nitrogens is 1. The standard InChI is InChI=1S/C81H77N2O.Pt/c1-75(2)28-30-77(5,6)69-33-53(22-26-66(69)75)63-36-56(80-42-50(43-80)44-80)37-64(54-23-27-67-70(34-54)78(7,8)31-29-76(67,3)4)73(63)82-48-65(62-19-13-20-68(74(62)82)81-45-51(46-81)47-81)52-14-11-17-58(32-52)84-59-24-25-61-60-18-9-10-21-71(60)83(72(61)38-59)57-16-12-15-55(35-57)79-39-49(40-79)41-79;/h9-15,17-27,33-37,49-51,65H,28-31,39-47H2,1-8H3;/q-3;+4/i1D3,2D3,3D3,4D3,5D3,6D3,7D3,8D3,22D,23D,26D,27D,28D2,29D2,30D2,31D2,33D,34D;. The summed E-state index contributed by atoms with van der Waals surface area (Å²) in [6.07, 6.45) is -10.1. The second-order valence-electron chi connectivity index (χ2n) is 25.8. The molecule has 9 saturated carbocycles. The molecule has 0 radical (unpaired) electrons. The van der Waals surface area contributed by atoms with Crippen LogP contribution in [0.5, 0.6) is 11.5 Å². The van der Waals surface area contributed by atoms with Crippen molar-refractivity contribution in [2.45, 2.75) is 182 Å². The minimum Gasteiger partial charge on any atom is -0.509 e. The molecule has 11 aliphatic carbocycles. The number of para-hydroxylation sites is 2. The summed E-state index contributed by atoms with van der Waals surface area (Å²) in [6.45, 7) is -36.3. The van der Waals surface area contributed by atoms with Crippen LogP contribution in [0.4, 0.5) is 11.4 Å². The number of hydrogen-bond donors (Lipinski definition) is 0. The summed E-state index contributed by atoms with van der Waals surface area (Å²) in [5, 5.41) is 1.75. The van der Waals surface area contributed by atoms with E-state index in [1.807, 2.05) is 36.4 Å². The molecule has 9 aromatic rings. The van der Waals surface area contributed by atoms with Crippen LogP contribution in [0.1, 0.15) is 246 Å². The van der Waals surface area contributed by atoms with Gasteiger partial charge < -0.3 is 13.9 Å². The maximum absolute atomic E-state index is 10.9. The molecule has 1 aliphatic heterocycles. The Labute approximate surface area is 572 Å². The Morgan fingerprint density at radius 3 is 1.72 bits per heavy atom. The number of rotatable bonds is 10. The van der Waals surface area contributed by atoms with Gasteiger partial charge in [-0.2, -0.15) is 42.0 Å². The summed E-state index contributed by atoms with van der Waals surface area (Å²) in [6, 6.07) is 30.5. The SMILES string of the molecule is [2H]c1c([2H])c2c(c([2H])c1-c1cc(C34CC(C3)C4)cc(-c3c([2H])c([2H])c4c(c3[2H])C(C([2H])([2H])[2H])(C([2H])([2H])[2H])C([2H])([2H])C([2H])([2H])C4(C([2H])([2H])[2H])C([2H])([2H])[2H])c1[N+]1=[C-]C(c3[c-]c(Oc4[c-]c5c(cc4)c4ccccc4n5-c4[c-]ccc(C56CC(C5)C6)c4)ccc3)c3cccc(C45CC(C4)C5)c31)C(C([2H])([2H])[2H])(C([2H])([2H])[2H])C([2H])([2H])C([2H])([2H])C2(C([2H])([2H])[2H])C([2H])([2H])[2H].[Pt+4]. The Morgan fingerprint density at radius 1 is 0.541 bits per heavy atom. The van der Waals surface area contributed by atoms with E-state index in [0.29, 0.717) is 41.8 Å². The number of fused-ring (bicyclic) bond motifs is 6. The van der Waals surface area contributed by atoms with E-state index in [9.17, 15) is 35.6 Å². The molecule has 0 amide bonds. The third-order valence-corrected chi connectivity index (χ3v) is 20.5. The minimum absolute atomic E-state index is 0. The van der Waals surface area contributed by atoms with Crippen molar-refractivity contribution in [2.75, 3.05) is 0 Å². The van der Waals surface area contributed by atoms with Gasteiger partial charge in [-0.1, -0.05) is 151 Å². The van der Waals surface area contributed by atoms with E-state index in [1.54, 1.807) is 42.5 Å². The summed E-state index contributed by atoms with van der Waals surface area (Å²) in [4.78, 5) is 0. The number of nitrogens with zero attached hydrogens (tertiary/aromatic N) is 2. The molecule has 4 heteroatoms. The van der Waals surface area contributed by atoms with Crippen LogP contribution < -0.4 is 9.31 Å². The van der Waals surface area contributed by atoms with Crippen LogP contribution in [-0.4, -0.2) is 10.8 Å². The van der Waals surface area contributed by atoms with Gasteiger partial charge in [-0.25, -0.2) is 0 Å². The van der Waals surface area contributed by atoms with Crippen LogP contribution in [0, 0.1) is 36.0 Å². The van der Waals surface area contributed by atoms with Crippen molar-refractivity contribution < 1.29 is 77.9 Å². The first-order chi connectivity index (χ1) is 56.0. The maximum Gasteiger partial charge on any atom is 4.00 e. The smallest absolute Gasteiger partial charge is 0.509 e. The van der Waals surface area contributed by atoms with E-state index in [2.05, 4.69) is 41.1 Å². The predicted molar refractivity (Wildman–Crippen MR) is 343 cm³/mol. The molecule has 1 aromatic heterocycles. The van der Waals surface area contributed by atoms with Crippen LogP contribution in [0.2, 0.25) is 0 Å². The Hall–Kier alpha value is -6.28. The van der Waals surface area contributed by atoms with Crippen molar-refractivity contribution in [2.24, 2.45) is 17.8 Å². The molecule has 1 atom stereocenters. The van der Waals surface area contributed by atoms with Crippen molar-refractivity contribution >= 4 is 39.4 Å².